The van der Waals surface area contributed by atoms with Crippen molar-refractivity contribution < 1.29 is 4.79 Å². The Balaban J connectivity index is 1.97. The zero-order valence-electron chi connectivity index (χ0n) is 11.3. The molecule has 1 unspecified atom stereocenters. The van der Waals surface area contributed by atoms with E-state index in [9.17, 15) is 4.79 Å². The first-order chi connectivity index (χ1) is 9.69. The Morgan fingerprint density at radius 1 is 1.25 bits per heavy atom. The summed E-state index contributed by atoms with van der Waals surface area (Å²) in [6.07, 6.45) is 1.41. The van der Waals surface area contributed by atoms with Crippen molar-refractivity contribution in [3.8, 4) is 0 Å². The second kappa shape index (κ2) is 5.29. The summed E-state index contributed by atoms with van der Waals surface area (Å²) < 4.78 is 0. The standard InChI is InChI=1S/C17H16ClNO/c1-2-11-5-3-4-6-14(11)17(18)12-7-8-15-13(9-12)10-16(20)19-15/h3-9,17H,2,10H2,1H3,(H,19,20). The minimum Gasteiger partial charge on any atom is -0.326 e. The summed E-state index contributed by atoms with van der Waals surface area (Å²) in [5, 5.41) is 2.67. The van der Waals surface area contributed by atoms with Crippen LogP contribution in [0.15, 0.2) is 42.5 Å². The first-order valence-corrected chi connectivity index (χ1v) is 7.27. The van der Waals surface area contributed by atoms with E-state index in [4.69, 9.17) is 11.6 Å². The molecule has 0 fully saturated rings. The van der Waals surface area contributed by atoms with Crippen LogP contribution in [0.4, 0.5) is 5.69 Å². The van der Waals surface area contributed by atoms with E-state index in [1.807, 2.05) is 30.3 Å². The van der Waals surface area contributed by atoms with Gasteiger partial charge < -0.3 is 5.32 Å². The van der Waals surface area contributed by atoms with Crippen LogP contribution in [0.2, 0.25) is 0 Å². The Bertz CT molecular complexity index is 666. The highest BCUT2D eigenvalue weighted by atomic mass is 35.5. The first-order valence-electron chi connectivity index (χ1n) is 6.83. The number of carbonyl (C=O) groups is 1. The van der Waals surface area contributed by atoms with Crippen LogP contribution in [0.3, 0.4) is 0 Å². The highest BCUT2D eigenvalue weighted by Crippen LogP contribution is 2.34. The number of hydrogen-bond donors (Lipinski definition) is 1. The van der Waals surface area contributed by atoms with Gasteiger partial charge in [-0.2, -0.15) is 0 Å². The van der Waals surface area contributed by atoms with Crippen LogP contribution in [-0.4, -0.2) is 5.91 Å². The number of carbonyl (C=O) groups excluding carboxylic acids is 1. The van der Waals surface area contributed by atoms with Crippen LogP contribution in [-0.2, 0) is 17.6 Å². The van der Waals surface area contributed by atoms with Gasteiger partial charge in [-0.1, -0.05) is 43.3 Å². The Morgan fingerprint density at radius 3 is 2.85 bits per heavy atom. The second-order valence-electron chi connectivity index (χ2n) is 5.06. The van der Waals surface area contributed by atoms with Crippen molar-refractivity contribution in [2.24, 2.45) is 0 Å². The maximum absolute atomic E-state index is 11.4. The Morgan fingerprint density at radius 2 is 2.05 bits per heavy atom. The fourth-order valence-electron chi connectivity index (χ4n) is 2.69. The van der Waals surface area contributed by atoms with Crippen LogP contribution in [0.5, 0.6) is 0 Å². The van der Waals surface area contributed by atoms with Crippen LogP contribution in [0.25, 0.3) is 0 Å². The number of alkyl halides is 1. The molecule has 2 aromatic carbocycles. The number of amides is 1. The summed E-state index contributed by atoms with van der Waals surface area (Å²) >= 11 is 6.65. The van der Waals surface area contributed by atoms with Crippen molar-refractivity contribution in [2.45, 2.75) is 25.1 Å². The van der Waals surface area contributed by atoms with Crippen molar-refractivity contribution in [3.63, 3.8) is 0 Å². The van der Waals surface area contributed by atoms with Crippen LogP contribution in [0, 0.1) is 0 Å². The number of aryl methyl sites for hydroxylation is 1. The molecule has 102 valence electrons. The average Bonchev–Trinajstić information content (AvgIpc) is 2.85. The Labute approximate surface area is 123 Å². The molecular formula is C17H16ClNO. The van der Waals surface area contributed by atoms with Crippen molar-refractivity contribution in [1.29, 1.82) is 0 Å². The molecule has 2 aromatic rings. The van der Waals surface area contributed by atoms with E-state index in [0.29, 0.717) is 6.42 Å². The lowest BCUT2D eigenvalue weighted by Gasteiger charge is -2.15. The maximum atomic E-state index is 11.4. The van der Waals surface area contributed by atoms with Gasteiger partial charge in [0.1, 0.15) is 0 Å². The Kier molecular flexibility index (Phi) is 3.49. The minimum absolute atomic E-state index is 0.0530. The average molecular weight is 286 g/mol. The summed E-state index contributed by atoms with van der Waals surface area (Å²) in [4.78, 5) is 11.4. The van der Waals surface area contributed by atoms with E-state index < -0.39 is 0 Å². The molecule has 1 N–H and O–H groups in total. The van der Waals surface area contributed by atoms with Crippen molar-refractivity contribution in [1.82, 2.24) is 0 Å². The Hall–Kier alpha value is -1.80. The normalized spacial score (nSPS) is 14.8. The molecule has 20 heavy (non-hydrogen) atoms. The van der Waals surface area contributed by atoms with Gasteiger partial charge in [0.25, 0.3) is 0 Å². The molecule has 1 aliphatic rings. The molecule has 1 atom stereocenters. The third-order valence-electron chi connectivity index (χ3n) is 3.76. The van der Waals surface area contributed by atoms with Gasteiger partial charge in [0.15, 0.2) is 0 Å². The number of anilines is 1. The predicted molar refractivity (Wildman–Crippen MR) is 82.3 cm³/mol. The largest absolute Gasteiger partial charge is 0.326 e. The molecule has 0 radical (unpaired) electrons. The molecule has 1 aliphatic heterocycles. The van der Waals surface area contributed by atoms with Crippen LogP contribution in [0.1, 0.15) is 34.6 Å². The molecule has 2 nitrogen and oxygen atoms in total. The van der Waals surface area contributed by atoms with Crippen molar-refractivity contribution in [3.05, 3.63) is 64.7 Å². The molecular weight excluding hydrogens is 270 g/mol. The van der Waals surface area contributed by atoms with Gasteiger partial charge in [-0.15, -0.1) is 11.6 Å². The van der Waals surface area contributed by atoms with E-state index in [1.165, 1.54) is 5.56 Å². The van der Waals surface area contributed by atoms with E-state index in [0.717, 1.165) is 28.8 Å². The monoisotopic (exact) mass is 285 g/mol. The number of benzene rings is 2. The second-order valence-corrected chi connectivity index (χ2v) is 5.49. The third-order valence-corrected chi connectivity index (χ3v) is 4.24. The van der Waals surface area contributed by atoms with E-state index in [-0.39, 0.29) is 11.3 Å². The minimum atomic E-state index is -0.174. The maximum Gasteiger partial charge on any atom is 0.228 e. The summed E-state index contributed by atoms with van der Waals surface area (Å²) in [5.74, 6) is 0.0530. The topological polar surface area (TPSA) is 29.1 Å². The first kappa shape index (κ1) is 13.2. The molecule has 0 aromatic heterocycles. The number of halogens is 1. The molecule has 0 saturated heterocycles. The summed E-state index contributed by atoms with van der Waals surface area (Å²) in [7, 11) is 0. The van der Waals surface area contributed by atoms with E-state index >= 15 is 0 Å². The van der Waals surface area contributed by atoms with E-state index in [2.05, 4.69) is 24.4 Å². The van der Waals surface area contributed by atoms with Gasteiger partial charge in [0.05, 0.1) is 11.8 Å². The van der Waals surface area contributed by atoms with Gasteiger partial charge in [-0.05, 0) is 34.7 Å². The predicted octanol–water partition coefficient (Wildman–Crippen LogP) is 4.07. The molecule has 0 aliphatic carbocycles. The number of fused-ring (bicyclic) bond motifs is 1. The molecule has 3 heteroatoms. The molecule has 1 amide bonds. The zero-order chi connectivity index (χ0) is 14.1. The lowest BCUT2D eigenvalue weighted by atomic mass is 9.96. The smallest absolute Gasteiger partial charge is 0.228 e. The molecule has 1 heterocycles. The van der Waals surface area contributed by atoms with E-state index in [1.54, 1.807) is 0 Å². The number of nitrogens with one attached hydrogen (secondary N) is 1. The molecule has 0 saturated carbocycles. The molecule has 3 rings (SSSR count). The highest BCUT2D eigenvalue weighted by Gasteiger charge is 2.20. The van der Waals surface area contributed by atoms with Gasteiger partial charge in [-0.3, -0.25) is 4.79 Å². The fourth-order valence-corrected chi connectivity index (χ4v) is 3.04. The van der Waals surface area contributed by atoms with Gasteiger partial charge in [0, 0.05) is 5.69 Å². The zero-order valence-corrected chi connectivity index (χ0v) is 12.1. The highest BCUT2D eigenvalue weighted by molar-refractivity contribution is 6.22. The molecule has 0 spiro atoms. The van der Waals surface area contributed by atoms with Gasteiger partial charge in [-0.25, -0.2) is 0 Å². The summed E-state index contributed by atoms with van der Waals surface area (Å²) in [6.45, 7) is 2.13. The number of hydrogen-bond acceptors (Lipinski definition) is 1. The summed E-state index contributed by atoms with van der Waals surface area (Å²) in [5.41, 5.74) is 5.40. The van der Waals surface area contributed by atoms with Crippen LogP contribution >= 0.6 is 11.6 Å². The van der Waals surface area contributed by atoms with Crippen LogP contribution < -0.4 is 5.32 Å². The van der Waals surface area contributed by atoms with Gasteiger partial charge >= 0.3 is 0 Å². The SMILES string of the molecule is CCc1ccccc1C(Cl)c1ccc2c(c1)CC(=O)N2. The summed E-state index contributed by atoms with van der Waals surface area (Å²) in [6, 6.07) is 14.2. The lowest BCUT2D eigenvalue weighted by molar-refractivity contribution is -0.115. The fraction of sp³-hybridized carbons (Fsp3) is 0.235. The lowest BCUT2D eigenvalue weighted by Crippen LogP contribution is -2.03. The molecule has 0 bridgehead atoms. The number of rotatable bonds is 3. The van der Waals surface area contributed by atoms with Crippen molar-refractivity contribution >= 4 is 23.2 Å². The quantitative estimate of drug-likeness (QED) is 0.846. The van der Waals surface area contributed by atoms with Gasteiger partial charge in [0.2, 0.25) is 5.91 Å². The van der Waals surface area contributed by atoms with Crippen molar-refractivity contribution in [2.75, 3.05) is 5.32 Å². The third kappa shape index (κ3) is 2.32.